The molecule has 0 heterocycles. The first-order chi connectivity index (χ1) is 8.11. The molecule has 0 bridgehead atoms. The predicted octanol–water partition coefficient (Wildman–Crippen LogP) is 0.529. The van der Waals surface area contributed by atoms with Gasteiger partial charge in [0.1, 0.15) is 24.2 Å². The lowest BCUT2D eigenvalue weighted by Crippen LogP contribution is -2.20. The van der Waals surface area contributed by atoms with E-state index in [1.165, 1.54) is 0 Å². The molecule has 1 aromatic carbocycles. The number of alkyl halides is 1. The molecule has 1 amide bonds. The summed E-state index contributed by atoms with van der Waals surface area (Å²) in [7, 11) is 0. The summed E-state index contributed by atoms with van der Waals surface area (Å²) in [6, 6.07) is 6.69. The number of nitrogens with two attached hydrogens (primary N) is 1. The van der Waals surface area contributed by atoms with Crippen molar-refractivity contribution in [2.24, 2.45) is 5.73 Å². The zero-order chi connectivity index (χ0) is 12.7. The normalized spacial score (nSPS) is 11.9. The van der Waals surface area contributed by atoms with Gasteiger partial charge in [0.05, 0.1) is 5.88 Å². The van der Waals surface area contributed by atoms with Crippen LogP contribution in [0.25, 0.3) is 0 Å². The molecule has 0 aliphatic heterocycles. The largest absolute Gasteiger partial charge is 0.491 e. The average Bonchev–Trinajstić information content (AvgIpc) is 2.34. The fourth-order valence-corrected chi connectivity index (χ4v) is 1.13. The minimum atomic E-state index is -0.716. The predicted molar refractivity (Wildman–Crippen MR) is 63.4 cm³/mol. The van der Waals surface area contributed by atoms with E-state index in [0.717, 1.165) is 0 Å². The molecule has 1 rings (SSSR count). The number of hydrogen-bond donors (Lipinski definition) is 2. The first-order valence-corrected chi connectivity index (χ1v) is 5.53. The molecule has 17 heavy (non-hydrogen) atoms. The van der Waals surface area contributed by atoms with Crippen molar-refractivity contribution in [3.8, 4) is 11.5 Å². The lowest BCUT2D eigenvalue weighted by Gasteiger charge is -2.10. The Balaban J connectivity index is 2.50. The van der Waals surface area contributed by atoms with Crippen LogP contribution in [0.15, 0.2) is 24.3 Å². The fourth-order valence-electron chi connectivity index (χ4n) is 1.05. The van der Waals surface area contributed by atoms with Crippen molar-refractivity contribution < 1.29 is 19.4 Å². The van der Waals surface area contributed by atoms with Crippen LogP contribution in [0.2, 0.25) is 0 Å². The molecule has 0 saturated carbocycles. The van der Waals surface area contributed by atoms with Crippen LogP contribution in [0.5, 0.6) is 11.5 Å². The minimum absolute atomic E-state index is 0.1000. The number of carbonyl (C=O) groups excluding carboxylic acids is 1. The molecule has 3 N–H and O–H groups in total. The van der Waals surface area contributed by atoms with Crippen LogP contribution >= 0.6 is 11.6 Å². The molecule has 0 aliphatic carbocycles. The Bertz CT molecular complexity index is 372. The third-order valence-electron chi connectivity index (χ3n) is 1.81. The van der Waals surface area contributed by atoms with Gasteiger partial charge in [0.25, 0.3) is 5.91 Å². The number of rotatable bonds is 7. The molecule has 0 aliphatic rings. The molecule has 6 heteroatoms. The molecule has 0 saturated heterocycles. The average molecular weight is 260 g/mol. The number of amides is 1. The van der Waals surface area contributed by atoms with Crippen LogP contribution in [0.3, 0.4) is 0 Å². The topological polar surface area (TPSA) is 81.8 Å². The molecule has 1 aromatic rings. The van der Waals surface area contributed by atoms with Crippen molar-refractivity contribution >= 4 is 17.5 Å². The van der Waals surface area contributed by atoms with Gasteiger partial charge in [-0.1, -0.05) is 6.07 Å². The Morgan fingerprint density at radius 1 is 1.41 bits per heavy atom. The summed E-state index contributed by atoms with van der Waals surface area (Å²) in [5.41, 5.74) is 4.95. The molecule has 94 valence electrons. The van der Waals surface area contributed by atoms with Crippen LogP contribution < -0.4 is 15.2 Å². The summed E-state index contributed by atoms with van der Waals surface area (Å²) in [6.45, 7) is -0.0868. The second-order valence-corrected chi connectivity index (χ2v) is 3.66. The quantitative estimate of drug-likeness (QED) is 0.700. The van der Waals surface area contributed by atoms with Crippen molar-refractivity contribution in [2.75, 3.05) is 19.1 Å². The number of primary amides is 1. The van der Waals surface area contributed by atoms with E-state index >= 15 is 0 Å². The van der Waals surface area contributed by atoms with Gasteiger partial charge < -0.3 is 20.3 Å². The minimum Gasteiger partial charge on any atom is -0.491 e. The van der Waals surface area contributed by atoms with E-state index < -0.39 is 12.0 Å². The smallest absolute Gasteiger partial charge is 0.255 e. The number of carbonyl (C=O) groups is 1. The van der Waals surface area contributed by atoms with Crippen molar-refractivity contribution in [3.63, 3.8) is 0 Å². The van der Waals surface area contributed by atoms with Gasteiger partial charge in [-0.05, 0) is 12.1 Å². The van der Waals surface area contributed by atoms with Gasteiger partial charge in [0, 0.05) is 6.07 Å². The van der Waals surface area contributed by atoms with Crippen LogP contribution in [-0.4, -0.2) is 36.2 Å². The van der Waals surface area contributed by atoms with Gasteiger partial charge in [-0.25, -0.2) is 0 Å². The molecular weight excluding hydrogens is 246 g/mol. The lowest BCUT2D eigenvalue weighted by atomic mass is 10.3. The van der Waals surface area contributed by atoms with E-state index in [1.807, 2.05) is 0 Å². The summed E-state index contributed by atoms with van der Waals surface area (Å²) in [5.74, 6) is 0.560. The number of benzene rings is 1. The zero-order valence-electron chi connectivity index (χ0n) is 9.14. The summed E-state index contributed by atoms with van der Waals surface area (Å²) in [4.78, 5) is 10.5. The van der Waals surface area contributed by atoms with Crippen LogP contribution in [0.1, 0.15) is 0 Å². The molecule has 0 spiro atoms. The highest BCUT2D eigenvalue weighted by atomic mass is 35.5. The van der Waals surface area contributed by atoms with E-state index in [0.29, 0.717) is 11.5 Å². The summed E-state index contributed by atoms with van der Waals surface area (Å²) in [5, 5.41) is 9.22. The van der Waals surface area contributed by atoms with Crippen LogP contribution in [-0.2, 0) is 4.79 Å². The second kappa shape index (κ2) is 6.98. The molecule has 1 unspecified atom stereocenters. The SMILES string of the molecule is NC(=O)COc1cccc(OCC(O)CCl)c1. The van der Waals surface area contributed by atoms with E-state index in [4.69, 9.17) is 26.8 Å². The van der Waals surface area contributed by atoms with Gasteiger partial charge >= 0.3 is 0 Å². The maximum Gasteiger partial charge on any atom is 0.255 e. The standard InChI is InChI=1S/C11H14ClNO4/c12-5-8(14)6-16-9-2-1-3-10(4-9)17-7-11(13)15/h1-4,8,14H,5-7H2,(H2,13,15). The van der Waals surface area contributed by atoms with Gasteiger partial charge in [0.2, 0.25) is 0 Å². The number of halogens is 1. The maximum atomic E-state index is 10.5. The van der Waals surface area contributed by atoms with E-state index in [1.54, 1.807) is 24.3 Å². The Morgan fingerprint density at radius 3 is 2.65 bits per heavy atom. The molecule has 5 nitrogen and oxygen atoms in total. The Hall–Kier alpha value is -1.46. The molecule has 1 atom stereocenters. The monoisotopic (exact) mass is 259 g/mol. The summed E-state index contributed by atoms with van der Waals surface area (Å²) >= 11 is 5.43. The second-order valence-electron chi connectivity index (χ2n) is 3.35. The Morgan fingerprint density at radius 2 is 2.06 bits per heavy atom. The van der Waals surface area contributed by atoms with E-state index in [-0.39, 0.29) is 19.1 Å². The van der Waals surface area contributed by atoms with E-state index in [9.17, 15) is 9.90 Å². The fraction of sp³-hybridized carbons (Fsp3) is 0.364. The maximum absolute atomic E-state index is 10.5. The Kier molecular flexibility index (Phi) is 5.59. The van der Waals surface area contributed by atoms with Crippen molar-refractivity contribution in [2.45, 2.75) is 6.10 Å². The number of aliphatic hydroxyl groups is 1. The molecular formula is C11H14ClNO4. The van der Waals surface area contributed by atoms with E-state index in [2.05, 4.69) is 0 Å². The molecule has 0 fully saturated rings. The number of aliphatic hydroxyl groups excluding tert-OH is 1. The summed E-state index contributed by atoms with van der Waals surface area (Å²) in [6.07, 6.45) is -0.716. The molecule has 0 aromatic heterocycles. The van der Waals surface area contributed by atoms with Crippen molar-refractivity contribution in [1.29, 1.82) is 0 Å². The third-order valence-corrected chi connectivity index (χ3v) is 2.16. The summed E-state index contributed by atoms with van der Waals surface area (Å²) < 4.78 is 10.4. The number of hydrogen-bond acceptors (Lipinski definition) is 4. The van der Waals surface area contributed by atoms with Crippen molar-refractivity contribution in [1.82, 2.24) is 0 Å². The first-order valence-electron chi connectivity index (χ1n) is 5.00. The van der Waals surface area contributed by atoms with Gasteiger partial charge in [0.15, 0.2) is 6.61 Å². The van der Waals surface area contributed by atoms with Crippen molar-refractivity contribution in [3.05, 3.63) is 24.3 Å². The lowest BCUT2D eigenvalue weighted by molar-refractivity contribution is -0.119. The third kappa shape index (κ3) is 5.42. The van der Waals surface area contributed by atoms with Gasteiger partial charge in [-0.3, -0.25) is 4.79 Å². The first kappa shape index (κ1) is 13.6. The molecule has 0 radical (unpaired) electrons. The van der Waals surface area contributed by atoms with Gasteiger partial charge in [-0.15, -0.1) is 11.6 Å². The van der Waals surface area contributed by atoms with Gasteiger partial charge in [-0.2, -0.15) is 0 Å². The highest BCUT2D eigenvalue weighted by Crippen LogP contribution is 2.19. The Labute approximate surface area is 104 Å². The zero-order valence-corrected chi connectivity index (χ0v) is 9.89. The highest BCUT2D eigenvalue weighted by Gasteiger charge is 2.04. The highest BCUT2D eigenvalue weighted by molar-refractivity contribution is 6.18. The number of ether oxygens (including phenoxy) is 2. The van der Waals surface area contributed by atoms with Crippen LogP contribution in [0, 0.1) is 0 Å². The van der Waals surface area contributed by atoms with Crippen LogP contribution in [0.4, 0.5) is 0 Å².